The van der Waals surface area contributed by atoms with Crippen molar-refractivity contribution < 1.29 is 14.4 Å². The van der Waals surface area contributed by atoms with Crippen LogP contribution in [0.5, 0.6) is 0 Å². The van der Waals surface area contributed by atoms with Crippen molar-refractivity contribution in [1.29, 1.82) is 0 Å². The van der Waals surface area contributed by atoms with E-state index in [1.807, 2.05) is 64.4 Å². The van der Waals surface area contributed by atoms with Crippen LogP contribution in [0.1, 0.15) is 49.1 Å². The first-order chi connectivity index (χ1) is 26.1. The molecule has 0 spiro atoms. The van der Waals surface area contributed by atoms with Crippen molar-refractivity contribution in [1.82, 2.24) is 30.4 Å². The fraction of sp³-hybridized carbons (Fsp3) is 0.410. The molecule has 54 heavy (non-hydrogen) atoms. The third-order valence-corrected chi connectivity index (χ3v) is 11.7. The van der Waals surface area contributed by atoms with Gasteiger partial charge in [-0.25, -0.2) is 4.79 Å². The Morgan fingerprint density at radius 2 is 1.56 bits per heavy atom. The van der Waals surface area contributed by atoms with Gasteiger partial charge in [0.25, 0.3) is 5.56 Å². The zero-order chi connectivity index (χ0) is 38.2. The Morgan fingerprint density at radius 3 is 2.24 bits per heavy atom. The van der Waals surface area contributed by atoms with Crippen LogP contribution in [0.2, 0.25) is 0 Å². The first-order valence-electron chi connectivity index (χ1n) is 18.5. The molecule has 0 radical (unpaired) electrons. The van der Waals surface area contributed by atoms with Gasteiger partial charge in [-0.3, -0.25) is 19.4 Å². The highest BCUT2D eigenvalue weighted by Gasteiger charge is 2.33. The average molecular weight is 866 g/mol. The third-order valence-electron chi connectivity index (χ3n) is 10.4. The quantitative estimate of drug-likeness (QED) is 0.102. The minimum Gasteiger partial charge on any atom is -0.397 e. The van der Waals surface area contributed by atoms with E-state index in [0.717, 1.165) is 29.3 Å². The van der Waals surface area contributed by atoms with Crippen molar-refractivity contribution in [2.45, 2.75) is 56.5 Å². The van der Waals surface area contributed by atoms with Gasteiger partial charge >= 0.3 is 6.03 Å². The van der Waals surface area contributed by atoms with E-state index >= 15 is 0 Å². The number of fused-ring (bicyclic) bond motifs is 1. The van der Waals surface area contributed by atoms with Gasteiger partial charge in [-0.15, -0.1) is 0 Å². The van der Waals surface area contributed by atoms with E-state index in [1.165, 1.54) is 5.56 Å². The summed E-state index contributed by atoms with van der Waals surface area (Å²) in [6, 6.07) is 15.0. The Balaban J connectivity index is 1.15. The lowest BCUT2D eigenvalue weighted by molar-refractivity contribution is -0.138. The van der Waals surface area contributed by atoms with Gasteiger partial charge in [-0.05, 0) is 124 Å². The molecule has 4 heterocycles. The van der Waals surface area contributed by atoms with E-state index in [4.69, 9.17) is 11.5 Å². The second-order valence-corrected chi connectivity index (χ2v) is 15.7. The van der Waals surface area contributed by atoms with Crippen molar-refractivity contribution in [2.24, 2.45) is 5.73 Å². The number of pyridine rings is 2. The van der Waals surface area contributed by atoms with E-state index in [0.29, 0.717) is 91.3 Å². The molecule has 15 heteroatoms. The van der Waals surface area contributed by atoms with Gasteiger partial charge in [0.15, 0.2) is 0 Å². The second kappa shape index (κ2) is 18.2. The van der Waals surface area contributed by atoms with Crippen LogP contribution in [0.3, 0.4) is 0 Å². The molecule has 2 saturated heterocycles. The first kappa shape index (κ1) is 39.2. The molecule has 2 atom stereocenters. The van der Waals surface area contributed by atoms with Gasteiger partial charge in [0.05, 0.1) is 5.69 Å². The maximum absolute atomic E-state index is 14.2. The number of unbranched alkanes of at least 4 members (excludes halogenated alkanes) is 1. The second-order valence-electron chi connectivity index (χ2n) is 14.0. The molecular formula is C39H47Br2N9O4. The Bertz CT molecular complexity index is 1970. The molecule has 2 aromatic heterocycles. The van der Waals surface area contributed by atoms with E-state index in [-0.39, 0.29) is 17.9 Å². The number of H-pyrrole nitrogens is 1. The predicted molar refractivity (Wildman–Crippen MR) is 218 cm³/mol. The standard InChI is InChI=1S/C39H47Br2N9O4/c40-29-21-25(22-30(41)35(29)43)23-33(47-39(54)50-19-17-48(18-20-50)34-24-28-5-1-2-6-31(28)45-37(34)52)36(51)46-32(7-3-4-12-42)38(53)49-15-10-27(11-16-49)26-8-13-44-14-9-26/h1-2,5-6,8-9,13-14,21-22,24,27,32-33H,3-4,7,10-12,15-20,23,42-43H2,(H,45,52)(H,46,51)(H,47,54)/t32-,33+/m0/s1. The number of amides is 4. The average Bonchev–Trinajstić information content (AvgIpc) is 3.19. The molecule has 2 aromatic carbocycles. The van der Waals surface area contributed by atoms with Gasteiger partial charge in [0.2, 0.25) is 11.8 Å². The Kier molecular flexibility index (Phi) is 13.3. The summed E-state index contributed by atoms with van der Waals surface area (Å²) in [5.74, 6) is -0.237. The number of benzene rings is 2. The third kappa shape index (κ3) is 9.60. The van der Waals surface area contributed by atoms with Crippen LogP contribution in [0.15, 0.2) is 80.7 Å². The molecule has 0 saturated carbocycles. The fourth-order valence-electron chi connectivity index (χ4n) is 7.27. The van der Waals surface area contributed by atoms with E-state index in [1.54, 1.807) is 17.3 Å². The Morgan fingerprint density at radius 1 is 0.870 bits per heavy atom. The van der Waals surface area contributed by atoms with Crippen molar-refractivity contribution in [2.75, 3.05) is 56.4 Å². The lowest BCUT2D eigenvalue weighted by Crippen LogP contribution is -2.59. The fourth-order valence-corrected chi connectivity index (χ4v) is 8.55. The molecule has 286 valence electrons. The summed E-state index contributed by atoms with van der Waals surface area (Å²) >= 11 is 6.99. The number of nitrogen functional groups attached to an aromatic ring is 1. The number of carbonyl (C=O) groups is 3. The molecule has 13 nitrogen and oxygen atoms in total. The molecule has 2 fully saturated rings. The number of rotatable bonds is 12. The highest BCUT2D eigenvalue weighted by atomic mass is 79.9. The van der Waals surface area contributed by atoms with Gasteiger partial charge < -0.3 is 41.8 Å². The lowest BCUT2D eigenvalue weighted by atomic mass is 9.89. The molecule has 0 aliphatic carbocycles. The Hall–Kier alpha value is -4.47. The van der Waals surface area contributed by atoms with Gasteiger partial charge in [-0.2, -0.15) is 0 Å². The normalized spacial score (nSPS) is 16.2. The molecule has 2 aliphatic rings. The Labute approximate surface area is 331 Å². The van der Waals surface area contributed by atoms with Gasteiger partial charge in [-0.1, -0.05) is 18.2 Å². The number of anilines is 2. The summed E-state index contributed by atoms with van der Waals surface area (Å²) in [6.45, 7) is 3.23. The summed E-state index contributed by atoms with van der Waals surface area (Å²) in [7, 11) is 0. The highest BCUT2D eigenvalue weighted by Crippen LogP contribution is 2.31. The van der Waals surface area contributed by atoms with Gasteiger partial charge in [0, 0.05) is 77.9 Å². The number of nitrogens with two attached hydrogens (primary N) is 2. The van der Waals surface area contributed by atoms with Crippen LogP contribution in [0.25, 0.3) is 10.9 Å². The number of para-hydroxylation sites is 1. The molecule has 0 bridgehead atoms. The van der Waals surface area contributed by atoms with Crippen LogP contribution in [-0.4, -0.2) is 95.5 Å². The molecule has 4 aromatic rings. The van der Waals surface area contributed by atoms with Crippen LogP contribution in [0, 0.1) is 0 Å². The number of nitrogens with one attached hydrogen (secondary N) is 3. The SMILES string of the molecule is NCCCC[C@H](NC(=O)[C@@H](Cc1cc(Br)c(N)c(Br)c1)NC(=O)N1CCN(c2cc3ccccc3[nH]c2=O)CC1)C(=O)N1CCC(c2ccncc2)CC1. The number of likely N-dealkylation sites (tertiary alicyclic amines) is 1. The summed E-state index contributed by atoms with van der Waals surface area (Å²) in [5.41, 5.74) is 15.6. The smallest absolute Gasteiger partial charge is 0.318 e. The maximum atomic E-state index is 14.2. The van der Waals surface area contributed by atoms with Gasteiger partial charge in [0.1, 0.15) is 17.8 Å². The number of aromatic amines is 1. The monoisotopic (exact) mass is 863 g/mol. The summed E-state index contributed by atoms with van der Waals surface area (Å²) in [4.78, 5) is 67.5. The maximum Gasteiger partial charge on any atom is 0.318 e. The predicted octanol–water partition coefficient (Wildman–Crippen LogP) is 4.49. The summed E-state index contributed by atoms with van der Waals surface area (Å²) in [6.07, 6.45) is 7.20. The van der Waals surface area contributed by atoms with Crippen LogP contribution in [-0.2, 0) is 16.0 Å². The number of carbonyl (C=O) groups excluding carboxylic acids is 3. The van der Waals surface area contributed by atoms with Crippen LogP contribution in [0.4, 0.5) is 16.2 Å². The zero-order valence-corrected chi connectivity index (χ0v) is 33.3. The number of hydrogen-bond acceptors (Lipinski definition) is 8. The first-order valence-corrected chi connectivity index (χ1v) is 20.0. The topological polar surface area (TPSA) is 183 Å². The molecule has 4 amide bonds. The van der Waals surface area contributed by atoms with Crippen molar-refractivity contribution in [3.8, 4) is 0 Å². The van der Waals surface area contributed by atoms with Crippen LogP contribution < -0.4 is 32.6 Å². The molecule has 0 unspecified atom stereocenters. The molecule has 7 N–H and O–H groups in total. The minimum absolute atomic E-state index is 0.128. The van der Waals surface area contributed by atoms with Crippen molar-refractivity contribution in [3.05, 3.63) is 97.4 Å². The molecule has 2 aliphatic heterocycles. The van der Waals surface area contributed by atoms with E-state index in [2.05, 4.69) is 52.5 Å². The summed E-state index contributed by atoms with van der Waals surface area (Å²) < 4.78 is 1.31. The molecular weight excluding hydrogens is 818 g/mol. The number of nitrogens with zero attached hydrogens (tertiary/aromatic N) is 4. The molecule has 6 rings (SSSR count). The highest BCUT2D eigenvalue weighted by molar-refractivity contribution is 9.11. The number of piperidine rings is 1. The number of hydrogen-bond donors (Lipinski definition) is 5. The number of piperazine rings is 1. The number of urea groups is 1. The van der Waals surface area contributed by atoms with Crippen molar-refractivity contribution >= 4 is 72.0 Å². The lowest BCUT2D eigenvalue weighted by Gasteiger charge is -2.36. The summed E-state index contributed by atoms with van der Waals surface area (Å²) in [5, 5.41) is 6.93. The minimum atomic E-state index is -0.997. The zero-order valence-electron chi connectivity index (χ0n) is 30.1. The largest absolute Gasteiger partial charge is 0.397 e. The van der Waals surface area contributed by atoms with E-state index in [9.17, 15) is 19.2 Å². The van der Waals surface area contributed by atoms with E-state index < -0.39 is 24.0 Å². The number of halogens is 2. The van der Waals surface area contributed by atoms with Crippen LogP contribution >= 0.6 is 31.9 Å². The number of aromatic nitrogens is 2. The van der Waals surface area contributed by atoms with Crippen molar-refractivity contribution in [3.63, 3.8) is 0 Å².